The summed E-state index contributed by atoms with van der Waals surface area (Å²) in [5.41, 5.74) is 4.26. The Balaban J connectivity index is 2.01. The van der Waals surface area contributed by atoms with Crippen LogP contribution in [0.2, 0.25) is 0 Å². The highest BCUT2D eigenvalue weighted by atomic mass is 14.2. The highest BCUT2D eigenvalue weighted by Crippen LogP contribution is 2.23. The number of nitrogens with zero attached hydrogens (tertiary/aromatic N) is 1. The number of fused-ring (bicyclic) bond motifs is 1. The fourth-order valence-corrected chi connectivity index (χ4v) is 2.49. The molecule has 0 aliphatic heterocycles. The molecule has 0 aromatic heterocycles. The first-order chi connectivity index (χ1) is 10.3. The summed E-state index contributed by atoms with van der Waals surface area (Å²) in [5, 5.41) is 11.3. The predicted octanol–water partition coefficient (Wildman–Crippen LogP) is 5.19. The molecular formula is C20H15N. The third kappa shape index (κ3) is 2.85. The van der Waals surface area contributed by atoms with Gasteiger partial charge in [-0.25, -0.2) is 0 Å². The van der Waals surface area contributed by atoms with E-state index < -0.39 is 0 Å². The normalized spacial score (nSPS) is 10.9. The number of rotatable bonds is 2. The molecule has 3 aromatic rings. The van der Waals surface area contributed by atoms with Crippen molar-refractivity contribution in [1.82, 2.24) is 0 Å². The van der Waals surface area contributed by atoms with Crippen molar-refractivity contribution in [3.05, 3.63) is 82.9 Å². The molecule has 0 bridgehead atoms. The van der Waals surface area contributed by atoms with Gasteiger partial charge in [0.2, 0.25) is 0 Å². The lowest BCUT2D eigenvalue weighted by Crippen LogP contribution is -1.83. The van der Waals surface area contributed by atoms with Gasteiger partial charge in [0, 0.05) is 0 Å². The maximum absolute atomic E-state index is 8.99. The van der Waals surface area contributed by atoms with Gasteiger partial charge in [-0.2, -0.15) is 5.26 Å². The molecule has 0 radical (unpaired) electrons. The summed E-state index contributed by atoms with van der Waals surface area (Å²) in [4.78, 5) is 0. The second kappa shape index (κ2) is 5.64. The zero-order valence-corrected chi connectivity index (χ0v) is 11.9. The first-order valence-corrected chi connectivity index (χ1v) is 6.94. The van der Waals surface area contributed by atoms with Crippen LogP contribution in [0.25, 0.3) is 22.9 Å². The van der Waals surface area contributed by atoms with Crippen LogP contribution in [0.1, 0.15) is 22.3 Å². The van der Waals surface area contributed by atoms with Gasteiger partial charge in [0.15, 0.2) is 0 Å². The van der Waals surface area contributed by atoms with Crippen molar-refractivity contribution in [2.75, 3.05) is 0 Å². The van der Waals surface area contributed by atoms with E-state index >= 15 is 0 Å². The van der Waals surface area contributed by atoms with E-state index in [9.17, 15) is 0 Å². The molecule has 100 valence electrons. The van der Waals surface area contributed by atoms with Gasteiger partial charge in [0.05, 0.1) is 11.6 Å². The predicted molar refractivity (Wildman–Crippen MR) is 88.8 cm³/mol. The Labute approximate surface area is 124 Å². The van der Waals surface area contributed by atoms with E-state index in [-0.39, 0.29) is 0 Å². The molecule has 0 aliphatic rings. The van der Waals surface area contributed by atoms with Crippen molar-refractivity contribution in [1.29, 1.82) is 5.26 Å². The second-order valence-corrected chi connectivity index (χ2v) is 5.13. The van der Waals surface area contributed by atoms with Crippen molar-refractivity contribution in [2.45, 2.75) is 6.92 Å². The molecule has 0 amide bonds. The summed E-state index contributed by atoms with van der Waals surface area (Å²) in [5.74, 6) is 0. The van der Waals surface area contributed by atoms with Crippen LogP contribution in [0.4, 0.5) is 0 Å². The summed E-state index contributed by atoms with van der Waals surface area (Å²) in [6, 6.07) is 22.6. The highest BCUT2D eigenvalue weighted by Gasteiger charge is 2.01. The first-order valence-electron chi connectivity index (χ1n) is 6.94. The van der Waals surface area contributed by atoms with Crippen LogP contribution in [0, 0.1) is 18.3 Å². The monoisotopic (exact) mass is 269 g/mol. The Morgan fingerprint density at radius 3 is 2.38 bits per heavy atom. The second-order valence-electron chi connectivity index (χ2n) is 5.13. The molecule has 3 rings (SSSR count). The molecule has 1 heteroatoms. The quantitative estimate of drug-likeness (QED) is 0.587. The number of aryl methyl sites for hydroxylation is 1. The minimum atomic E-state index is 0.707. The summed E-state index contributed by atoms with van der Waals surface area (Å²) in [6.45, 7) is 2.09. The average Bonchev–Trinajstić information content (AvgIpc) is 2.54. The summed E-state index contributed by atoms with van der Waals surface area (Å²) in [6.07, 6.45) is 4.24. The van der Waals surface area contributed by atoms with E-state index in [4.69, 9.17) is 5.26 Å². The van der Waals surface area contributed by atoms with Crippen molar-refractivity contribution in [2.24, 2.45) is 0 Å². The van der Waals surface area contributed by atoms with Crippen molar-refractivity contribution < 1.29 is 0 Å². The minimum Gasteiger partial charge on any atom is -0.192 e. The molecule has 0 spiro atoms. The average molecular weight is 269 g/mol. The lowest BCUT2D eigenvalue weighted by atomic mass is 9.99. The van der Waals surface area contributed by atoms with E-state index in [0.717, 1.165) is 5.39 Å². The Hall–Kier alpha value is -2.85. The molecule has 0 heterocycles. The Bertz CT molecular complexity index is 852. The van der Waals surface area contributed by atoms with E-state index in [0.29, 0.717) is 5.56 Å². The van der Waals surface area contributed by atoms with Gasteiger partial charge in [-0.3, -0.25) is 0 Å². The maximum atomic E-state index is 8.99. The smallest absolute Gasteiger partial charge is 0.0991 e. The minimum absolute atomic E-state index is 0.707. The van der Waals surface area contributed by atoms with E-state index in [1.54, 1.807) is 0 Å². The largest absolute Gasteiger partial charge is 0.192 e. The van der Waals surface area contributed by atoms with Gasteiger partial charge < -0.3 is 0 Å². The van der Waals surface area contributed by atoms with Crippen molar-refractivity contribution in [3.8, 4) is 6.07 Å². The van der Waals surface area contributed by atoms with E-state index in [1.165, 1.54) is 22.1 Å². The fourth-order valence-electron chi connectivity index (χ4n) is 2.49. The van der Waals surface area contributed by atoms with Gasteiger partial charge in [-0.05, 0) is 52.6 Å². The summed E-state index contributed by atoms with van der Waals surface area (Å²) < 4.78 is 0. The molecule has 0 saturated heterocycles. The third-order valence-electron chi connectivity index (χ3n) is 3.58. The van der Waals surface area contributed by atoms with Crippen LogP contribution in [0.15, 0.2) is 60.7 Å². The first kappa shape index (κ1) is 13.1. The molecule has 0 N–H and O–H groups in total. The van der Waals surface area contributed by atoms with Crippen LogP contribution in [-0.2, 0) is 0 Å². The lowest BCUT2D eigenvalue weighted by molar-refractivity contribution is 1.48. The van der Waals surface area contributed by atoms with Crippen LogP contribution < -0.4 is 0 Å². The highest BCUT2D eigenvalue weighted by molar-refractivity contribution is 5.89. The van der Waals surface area contributed by atoms with Gasteiger partial charge in [-0.1, -0.05) is 54.6 Å². The molecule has 0 atom stereocenters. The SMILES string of the molecule is Cc1cc(/C=C/c2ccccc2)cc2ccc(C#N)cc12. The van der Waals surface area contributed by atoms with Crippen LogP contribution >= 0.6 is 0 Å². The Morgan fingerprint density at radius 1 is 0.857 bits per heavy atom. The lowest BCUT2D eigenvalue weighted by Gasteiger charge is -2.05. The fraction of sp³-hybridized carbons (Fsp3) is 0.0500. The molecule has 0 unspecified atom stereocenters. The molecule has 1 nitrogen and oxygen atoms in total. The molecular weight excluding hydrogens is 254 g/mol. The van der Waals surface area contributed by atoms with Crippen molar-refractivity contribution >= 4 is 22.9 Å². The van der Waals surface area contributed by atoms with E-state index in [1.807, 2.05) is 36.4 Å². The summed E-state index contributed by atoms with van der Waals surface area (Å²) >= 11 is 0. The standard InChI is InChI=1S/C20H15N/c1-15-11-17(8-7-16-5-3-2-4-6-16)12-19-10-9-18(14-21)13-20(15)19/h2-13H,1H3/b8-7+. The number of nitriles is 1. The van der Waals surface area contributed by atoms with Gasteiger partial charge in [-0.15, -0.1) is 0 Å². The van der Waals surface area contributed by atoms with Gasteiger partial charge in [0.25, 0.3) is 0 Å². The molecule has 0 fully saturated rings. The van der Waals surface area contributed by atoms with Crippen LogP contribution in [0.3, 0.4) is 0 Å². The Morgan fingerprint density at radius 2 is 1.62 bits per heavy atom. The number of hydrogen-bond acceptors (Lipinski definition) is 1. The maximum Gasteiger partial charge on any atom is 0.0991 e. The molecule has 0 saturated carbocycles. The van der Waals surface area contributed by atoms with Crippen molar-refractivity contribution in [3.63, 3.8) is 0 Å². The molecule has 3 aromatic carbocycles. The van der Waals surface area contributed by atoms with E-state index in [2.05, 4.69) is 49.4 Å². The van der Waals surface area contributed by atoms with Crippen LogP contribution in [0.5, 0.6) is 0 Å². The Kier molecular flexibility index (Phi) is 3.53. The zero-order chi connectivity index (χ0) is 14.7. The molecule has 0 aliphatic carbocycles. The molecule has 21 heavy (non-hydrogen) atoms. The zero-order valence-electron chi connectivity index (χ0n) is 11.9. The third-order valence-corrected chi connectivity index (χ3v) is 3.58. The van der Waals surface area contributed by atoms with Gasteiger partial charge in [0.1, 0.15) is 0 Å². The number of benzene rings is 3. The van der Waals surface area contributed by atoms with Gasteiger partial charge >= 0.3 is 0 Å². The number of hydrogen-bond donors (Lipinski definition) is 0. The summed E-state index contributed by atoms with van der Waals surface area (Å²) in [7, 11) is 0. The van der Waals surface area contributed by atoms with Crippen LogP contribution in [-0.4, -0.2) is 0 Å². The topological polar surface area (TPSA) is 23.8 Å².